The minimum atomic E-state index is -5.78. The highest BCUT2D eigenvalue weighted by Crippen LogP contribution is 2.35. The molecule has 0 aromatic carbocycles. The van der Waals surface area contributed by atoms with Crippen LogP contribution in [0, 0.1) is 0 Å². The highest BCUT2D eigenvalue weighted by Gasteiger charge is 2.67. The zero-order chi connectivity index (χ0) is 19.3. The van der Waals surface area contributed by atoms with E-state index in [1.54, 1.807) is 0 Å². The monoisotopic (exact) mass is 364 g/mol. The highest BCUT2D eigenvalue weighted by molar-refractivity contribution is 5.97. The summed E-state index contributed by atoms with van der Waals surface area (Å²) in [5, 5.41) is 35.7. The SMILES string of the molecule is O=C(O)C(CO)NC(=O)C(F)(F)C(F)(F)C(=O)NC(CO)C(=O)O. The lowest BCUT2D eigenvalue weighted by molar-refractivity contribution is -0.212. The maximum atomic E-state index is 13.5. The Morgan fingerprint density at radius 1 is 0.750 bits per heavy atom. The number of aliphatic hydroxyl groups is 2. The molecule has 2 unspecified atom stereocenters. The number of aliphatic carboxylic acids is 2. The number of amides is 2. The number of halogens is 4. The summed E-state index contributed by atoms with van der Waals surface area (Å²) < 4.78 is 53.8. The van der Waals surface area contributed by atoms with Crippen molar-refractivity contribution in [2.45, 2.75) is 23.9 Å². The van der Waals surface area contributed by atoms with Gasteiger partial charge in [0.05, 0.1) is 13.2 Å². The van der Waals surface area contributed by atoms with Crippen LogP contribution >= 0.6 is 0 Å². The molecule has 0 saturated heterocycles. The summed E-state index contributed by atoms with van der Waals surface area (Å²) in [6.07, 6.45) is 0. The summed E-state index contributed by atoms with van der Waals surface area (Å²) in [5.41, 5.74) is 0. The average Bonchev–Trinajstić information content (AvgIpc) is 2.48. The molecular formula is C10H12F4N2O8. The predicted octanol–water partition coefficient (Wildman–Crippen LogP) is -2.62. The maximum Gasteiger partial charge on any atom is 0.395 e. The van der Waals surface area contributed by atoms with Crippen molar-refractivity contribution >= 4 is 23.8 Å². The summed E-state index contributed by atoms with van der Waals surface area (Å²) in [5.74, 6) is -21.4. The Bertz CT molecular complexity index is 481. The van der Waals surface area contributed by atoms with Gasteiger partial charge in [-0.25, -0.2) is 9.59 Å². The van der Waals surface area contributed by atoms with Crippen molar-refractivity contribution in [3.05, 3.63) is 0 Å². The second-order valence-electron chi connectivity index (χ2n) is 4.24. The first-order valence-corrected chi connectivity index (χ1v) is 5.87. The van der Waals surface area contributed by atoms with Crippen LogP contribution in [0.5, 0.6) is 0 Å². The van der Waals surface area contributed by atoms with Crippen molar-refractivity contribution in [1.29, 1.82) is 0 Å². The fourth-order valence-electron chi connectivity index (χ4n) is 1.15. The zero-order valence-electron chi connectivity index (χ0n) is 11.5. The van der Waals surface area contributed by atoms with Gasteiger partial charge in [-0.3, -0.25) is 9.59 Å². The number of nitrogens with one attached hydrogen (secondary N) is 2. The summed E-state index contributed by atoms with van der Waals surface area (Å²) >= 11 is 0. The number of aliphatic hydroxyl groups excluding tert-OH is 2. The molecule has 0 aliphatic rings. The van der Waals surface area contributed by atoms with E-state index in [-0.39, 0.29) is 0 Å². The summed E-state index contributed by atoms with van der Waals surface area (Å²) in [7, 11) is 0. The van der Waals surface area contributed by atoms with Crippen LogP contribution in [-0.2, 0) is 19.2 Å². The van der Waals surface area contributed by atoms with E-state index in [1.807, 2.05) is 0 Å². The van der Waals surface area contributed by atoms with Gasteiger partial charge in [0.25, 0.3) is 11.8 Å². The van der Waals surface area contributed by atoms with Gasteiger partial charge in [0.2, 0.25) is 0 Å². The van der Waals surface area contributed by atoms with Crippen LogP contribution < -0.4 is 10.6 Å². The molecule has 0 aliphatic heterocycles. The van der Waals surface area contributed by atoms with Crippen LogP contribution in [0.25, 0.3) is 0 Å². The van der Waals surface area contributed by atoms with Crippen molar-refractivity contribution in [2.75, 3.05) is 13.2 Å². The number of alkyl halides is 4. The Kier molecular flexibility index (Phi) is 7.06. The van der Waals surface area contributed by atoms with Crippen molar-refractivity contribution in [2.24, 2.45) is 0 Å². The number of carbonyl (C=O) groups excluding carboxylic acids is 2. The fourth-order valence-corrected chi connectivity index (χ4v) is 1.15. The van der Waals surface area contributed by atoms with E-state index >= 15 is 0 Å². The van der Waals surface area contributed by atoms with Gasteiger partial charge in [0.15, 0.2) is 12.1 Å². The second-order valence-corrected chi connectivity index (χ2v) is 4.24. The minimum Gasteiger partial charge on any atom is -0.480 e. The zero-order valence-corrected chi connectivity index (χ0v) is 11.5. The first kappa shape index (κ1) is 21.5. The van der Waals surface area contributed by atoms with E-state index < -0.39 is 60.9 Å². The lowest BCUT2D eigenvalue weighted by Gasteiger charge is -2.26. The van der Waals surface area contributed by atoms with Crippen molar-refractivity contribution in [3.63, 3.8) is 0 Å². The molecule has 0 bridgehead atoms. The minimum absolute atomic E-state index is 0.893. The standard InChI is InChI=1S/C10H12F4N2O8/c11-9(12,7(23)15-3(1-17)5(19)20)10(13,14)8(24)16-4(2-18)6(21)22/h3-4,17-18H,1-2H2,(H,15,23)(H,16,24)(H,19,20)(H,21,22). The van der Waals surface area contributed by atoms with Crippen LogP contribution in [0.1, 0.15) is 0 Å². The molecule has 0 fully saturated rings. The lowest BCUT2D eigenvalue weighted by atomic mass is 10.1. The quantitative estimate of drug-likeness (QED) is 0.241. The van der Waals surface area contributed by atoms with Gasteiger partial charge >= 0.3 is 23.8 Å². The molecule has 6 N–H and O–H groups in total. The van der Waals surface area contributed by atoms with Crippen LogP contribution in [-0.4, -0.2) is 81.3 Å². The van der Waals surface area contributed by atoms with E-state index in [2.05, 4.69) is 0 Å². The van der Waals surface area contributed by atoms with Gasteiger partial charge in [-0.05, 0) is 0 Å². The molecule has 2 atom stereocenters. The third-order valence-electron chi connectivity index (χ3n) is 2.54. The largest absolute Gasteiger partial charge is 0.480 e. The van der Waals surface area contributed by atoms with Gasteiger partial charge < -0.3 is 31.1 Å². The number of rotatable bonds is 9. The summed E-state index contributed by atoms with van der Waals surface area (Å²) in [6.45, 7) is -2.80. The molecular weight excluding hydrogens is 352 g/mol. The Balaban J connectivity index is 5.34. The second kappa shape index (κ2) is 7.87. The number of carboxylic acids is 2. The Morgan fingerprint density at radius 3 is 1.17 bits per heavy atom. The first-order chi connectivity index (χ1) is 10.8. The Morgan fingerprint density at radius 2 is 1.00 bits per heavy atom. The molecule has 2 amide bonds. The maximum absolute atomic E-state index is 13.5. The van der Waals surface area contributed by atoms with Gasteiger partial charge in [0, 0.05) is 0 Å². The van der Waals surface area contributed by atoms with Gasteiger partial charge in [0.1, 0.15) is 0 Å². The molecule has 14 heteroatoms. The lowest BCUT2D eigenvalue weighted by Crippen LogP contribution is -2.63. The van der Waals surface area contributed by atoms with Crippen LogP contribution in [0.4, 0.5) is 17.6 Å². The van der Waals surface area contributed by atoms with E-state index in [9.17, 15) is 36.7 Å². The van der Waals surface area contributed by atoms with Crippen molar-refractivity contribution in [1.82, 2.24) is 10.6 Å². The molecule has 0 aromatic heterocycles. The normalized spacial score (nSPS) is 14.4. The third-order valence-corrected chi connectivity index (χ3v) is 2.54. The first-order valence-electron chi connectivity index (χ1n) is 5.87. The molecule has 0 heterocycles. The molecule has 0 rings (SSSR count). The van der Waals surface area contributed by atoms with Crippen LogP contribution in [0.3, 0.4) is 0 Å². The average molecular weight is 364 g/mol. The number of hydrogen-bond donors (Lipinski definition) is 6. The van der Waals surface area contributed by atoms with Crippen molar-refractivity contribution in [3.8, 4) is 0 Å². The van der Waals surface area contributed by atoms with E-state index in [0.717, 1.165) is 10.6 Å². The van der Waals surface area contributed by atoms with Crippen LogP contribution in [0.15, 0.2) is 0 Å². The fraction of sp³-hybridized carbons (Fsp3) is 0.600. The van der Waals surface area contributed by atoms with Crippen molar-refractivity contribution < 1.29 is 57.2 Å². The molecule has 24 heavy (non-hydrogen) atoms. The number of hydrogen-bond acceptors (Lipinski definition) is 6. The number of carboxylic acid groups (broad SMARTS) is 2. The summed E-state index contributed by atoms with van der Waals surface area (Å²) in [6, 6.07) is -4.68. The molecule has 10 nitrogen and oxygen atoms in total. The predicted molar refractivity (Wildman–Crippen MR) is 63.2 cm³/mol. The highest BCUT2D eigenvalue weighted by atomic mass is 19.3. The van der Waals surface area contributed by atoms with E-state index in [1.165, 1.54) is 0 Å². The summed E-state index contributed by atoms with van der Waals surface area (Å²) in [4.78, 5) is 43.1. The van der Waals surface area contributed by atoms with Crippen LogP contribution in [0.2, 0.25) is 0 Å². The van der Waals surface area contributed by atoms with E-state index in [4.69, 9.17) is 20.4 Å². The topological polar surface area (TPSA) is 173 Å². The third kappa shape index (κ3) is 4.51. The molecule has 0 aromatic rings. The number of carbonyl (C=O) groups is 4. The smallest absolute Gasteiger partial charge is 0.395 e. The Hall–Kier alpha value is -2.48. The van der Waals surface area contributed by atoms with E-state index in [0.29, 0.717) is 0 Å². The molecule has 0 radical (unpaired) electrons. The molecule has 0 aliphatic carbocycles. The van der Waals surface area contributed by atoms with Gasteiger partial charge in [-0.15, -0.1) is 0 Å². The Labute approximate surface area is 130 Å². The molecule has 138 valence electrons. The molecule has 0 spiro atoms. The molecule has 0 saturated carbocycles. The van der Waals surface area contributed by atoms with Gasteiger partial charge in [-0.1, -0.05) is 0 Å². The van der Waals surface area contributed by atoms with Gasteiger partial charge in [-0.2, -0.15) is 17.6 Å².